The molecule has 0 aliphatic carbocycles. The Balaban J connectivity index is 2.12. The van der Waals surface area contributed by atoms with Crippen LogP contribution in [0.1, 0.15) is 37.6 Å². The van der Waals surface area contributed by atoms with Crippen LogP contribution in [-0.4, -0.2) is 9.55 Å². The Labute approximate surface area is 118 Å². The van der Waals surface area contributed by atoms with Gasteiger partial charge in [0.25, 0.3) is 0 Å². The number of nitrogens with zero attached hydrogens (tertiary/aromatic N) is 2. The van der Waals surface area contributed by atoms with Crippen LogP contribution < -0.4 is 10.5 Å². The molecule has 4 nitrogen and oxygen atoms in total. The number of benzene rings is 1. The third kappa shape index (κ3) is 3.36. The summed E-state index contributed by atoms with van der Waals surface area (Å²) in [5.74, 6) is 0.311. The van der Waals surface area contributed by atoms with Crippen molar-refractivity contribution in [3.8, 4) is 5.75 Å². The molecule has 108 valence electrons. The van der Waals surface area contributed by atoms with Crippen molar-refractivity contribution in [3.63, 3.8) is 0 Å². The van der Waals surface area contributed by atoms with Gasteiger partial charge in [-0.2, -0.15) is 0 Å². The average molecular weight is 277 g/mol. The largest absolute Gasteiger partial charge is 0.487 e. The predicted octanol–water partition coefficient (Wildman–Crippen LogP) is 3.03. The summed E-state index contributed by atoms with van der Waals surface area (Å²) in [5.41, 5.74) is 7.51. The molecule has 0 spiro atoms. The third-order valence-corrected chi connectivity index (χ3v) is 3.10. The number of hydrogen-bond donors (Lipinski definition) is 1. The van der Waals surface area contributed by atoms with Gasteiger partial charge in [-0.3, -0.25) is 0 Å². The van der Waals surface area contributed by atoms with Gasteiger partial charge in [0.1, 0.15) is 18.2 Å². The fourth-order valence-electron chi connectivity index (χ4n) is 2.07. The Kier molecular flexibility index (Phi) is 4.74. The molecule has 2 aromatic rings. The van der Waals surface area contributed by atoms with Crippen LogP contribution in [0, 0.1) is 5.82 Å². The first kappa shape index (κ1) is 14.5. The lowest BCUT2D eigenvalue weighted by Crippen LogP contribution is -2.10. The lowest BCUT2D eigenvalue weighted by molar-refractivity contribution is 0.289. The van der Waals surface area contributed by atoms with Crippen molar-refractivity contribution in [2.24, 2.45) is 5.73 Å². The molecule has 0 fully saturated rings. The average Bonchev–Trinajstić information content (AvgIpc) is 2.85. The minimum Gasteiger partial charge on any atom is -0.487 e. The van der Waals surface area contributed by atoms with Crippen LogP contribution in [0.15, 0.2) is 30.7 Å². The van der Waals surface area contributed by atoms with E-state index in [-0.39, 0.29) is 11.9 Å². The molecule has 2 N–H and O–H groups in total. The van der Waals surface area contributed by atoms with Gasteiger partial charge >= 0.3 is 0 Å². The van der Waals surface area contributed by atoms with Gasteiger partial charge in [-0.05, 0) is 31.5 Å². The monoisotopic (exact) mass is 277 g/mol. The molecule has 20 heavy (non-hydrogen) atoms. The summed E-state index contributed by atoms with van der Waals surface area (Å²) in [4.78, 5) is 4.12. The van der Waals surface area contributed by atoms with Crippen LogP contribution in [0.2, 0.25) is 0 Å². The maximum Gasteiger partial charge on any atom is 0.130 e. The lowest BCUT2D eigenvalue weighted by atomic mass is 10.1. The highest BCUT2D eigenvalue weighted by Gasteiger charge is 2.11. The molecular formula is C15H20FN3O. The fourth-order valence-corrected chi connectivity index (χ4v) is 2.07. The van der Waals surface area contributed by atoms with Crippen LogP contribution in [0.5, 0.6) is 5.75 Å². The molecule has 0 aliphatic heterocycles. The Morgan fingerprint density at radius 2 is 2.25 bits per heavy atom. The number of aromatic nitrogens is 2. The molecule has 0 amide bonds. The molecule has 1 aromatic carbocycles. The van der Waals surface area contributed by atoms with Gasteiger partial charge in [0, 0.05) is 18.2 Å². The predicted molar refractivity (Wildman–Crippen MR) is 75.9 cm³/mol. The van der Waals surface area contributed by atoms with Crippen LogP contribution in [0.4, 0.5) is 4.39 Å². The zero-order chi connectivity index (χ0) is 14.5. The standard InChI is InChI=1S/C15H20FN3O/c1-3-6-19-10-18-8-13(19)9-20-15-5-4-12(16)7-14(15)11(2)17/h4-5,7-8,10-11H,3,6,9,17H2,1-2H3. The summed E-state index contributed by atoms with van der Waals surface area (Å²) < 4.78 is 21.1. The van der Waals surface area contributed by atoms with Gasteiger partial charge in [-0.25, -0.2) is 9.37 Å². The van der Waals surface area contributed by atoms with Crippen LogP contribution in [-0.2, 0) is 13.2 Å². The molecule has 1 atom stereocenters. The molecule has 0 radical (unpaired) electrons. The molecular weight excluding hydrogens is 257 g/mol. The van der Waals surface area contributed by atoms with E-state index in [1.165, 1.54) is 12.1 Å². The summed E-state index contributed by atoms with van der Waals surface area (Å²) in [7, 11) is 0. The van der Waals surface area contributed by atoms with Gasteiger partial charge in [-0.1, -0.05) is 6.92 Å². The molecule has 1 aromatic heterocycles. The van der Waals surface area contributed by atoms with E-state index in [4.69, 9.17) is 10.5 Å². The normalized spacial score (nSPS) is 12.4. The zero-order valence-corrected chi connectivity index (χ0v) is 11.8. The minimum absolute atomic E-state index is 0.277. The van der Waals surface area contributed by atoms with Crippen molar-refractivity contribution < 1.29 is 9.13 Å². The summed E-state index contributed by atoms with van der Waals surface area (Å²) in [6.45, 7) is 5.22. The Morgan fingerprint density at radius 3 is 2.95 bits per heavy atom. The van der Waals surface area contributed by atoms with Crippen molar-refractivity contribution in [2.75, 3.05) is 0 Å². The van der Waals surface area contributed by atoms with E-state index in [1.54, 1.807) is 18.6 Å². The molecule has 0 bridgehead atoms. The van der Waals surface area contributed by atoms with E-state index in [0.29, 0.717) is 17.9 Å². The Bertz CT molecular complexity index is 566. The van der Waals surface area contributed by atoms with Crippen molar-refractivity contribution in [3.05, 3.63) is 47.8 Å². The van der Waals surface area contributed by atoms with Crippen LogP contribution in [0.3, 0.4) is 0 Å². The second kappa shape index (κ2) is 6.52. The number of nitrogens with two attached hydrogens (primary N) is 1. The maximum atomic E-state index is 13.3. The van der Waals surface area contributed by atoms with E-state index in [0.717, 1.165) is 18.7 Å². The Hall–Kier alpha value is -1.88. The zero-order valence-electron chi connectivity index (χ0n) is 11.8. The van der Waals surface area contributed by atoms with E-state index in [1.807, 2.05) is 6.92 Å². The van der Waals surface area contributed by atoms with Crippen molar-refractivity contribution in [1.29, 1.82) is 0 Å². The first-order chi connectivity index (χ1) is 9.61. The van der Waals surface area contributed by atoms with Crippen molar-refractivity contribution in [2.45, 2.75) is 39.5 Å². The van der Waals surface area contributed by atoms with E-state index < -0.39 is 0 Å². The smallest absolute Gasteiger partial charge is 0.130 e. The highest BCUT2D eigenvalue weighted by molar-refractivity contribution is 5.36. The van der Waals surface area contributed by atoms with Gasteiger partial charge in [0.15, 0.2) is 0 Å². The molecule has 5 heteroatoms. The van der Waals surface area contributed by atoms with Crippen LogP contribution >= 0.6 is 0 Å². The summed E-state index contributed by atoms with van der Waals surface area (Å²) in [5, 5.41) is 0. The van der Waals surface area contributed by atoms with Crippen molar-refractivity contribution >= 4 is 0 Å². The summed E-state index contributed by atoms with van der Waals surface area (Å²) >= 11 is 0. The highest BCUT2D eigenvalue weighted by Crippen LogP contribution is 2.25. The van der Waals surface area contributed by atoms with Gasteiger partial charge in [0.2, 0.25) is 0 Å². The maximum absolute atomic E-state index is 13.3. The minimum atomic E-state index is -0.305. The number of ether oxygens (including phenoxy) is 1. The number of aryl methyl sites for hydroxylation is 1. The first-order valence-electron chi connectivity index (χ1n) is 6.78. The Morgan fingerprint density at radius 1 is 1.45 bits per heavy atom. The fraction of sp³-hybridized carbons (Fsp3) is 0.400. The lowest BCUT2D eigenvalue weighted by Gasteiger charge is -2.14. The number of rotatable bonds is 6. The second-order valence-corrected chi connectivity index (χ2v) is 4.84. The topological polar surface area (TPSA) is 53.1 Å². The van der Waals surface area contributed by atoms with Gasteiger partial charge in [-0.15, -0.1) is 0 Å². The molecule has 1 unspecified atom stereocenters. The second-order valence-electron chi connectivity index (χ2n) is 4.84. The molecule has 0 aliphatic rings. The summed E-state index contributed by atoms with van der Waals surface area (Å²) in [6, 6.07) is 4.14. The first-order valence-corrected chi connectivity index (χ1v) is 6.78. The van der Waals surface area contributed by atoms with Crippen molar-refractivity contribution in [1.82, 2.24) is 9.55 Å². The SMILES string of the molecule is CCCn1cncc1COc1ccc(F)cc1C(C)N. The number of imidazole rings is 1. The van der Waals surface area contributed by atoms with E-state index >= 15 is 0 Å². The van der Waals surface area contributed by atoms with E-state index in [9.17, 15) is 4.39 Å². The van der Waals surface area contributed by atoms with Gasteiger partial charge < -0.3 is 15.0 Å². The molecule has 2 rings (SSSR count). The number of hydrogen-bond acceptors (Lipinski definition) is 3. The number of halogens is 1. The van der Waals surface area contributed by atoms with E-state index in [2.05, 4.69) is 16.5 Å². The van der Waals surface area contributed by atoms with Crippen LogP contribution in [0.25, 0.3) is 0 Å². The summed E-state index contributed by atoms with van der Waals surface area (Å²) in [6.07, 6.45) is 4.61. The quantitative estimate of drug-likeness (QED) is 0.883. The molecule has 0 saturated carbocycles. The third-order valence-electron chi connectivity index (χ3n) is 3.10. The highest BCUT2D eigenvalue weighted by atomic mass is 19.1. The van der Waals surface area contributed by atoms with Gasteiger partial charge in [0.05, 0.1) is 18.2 Å². The molecule has 1 heterocycles. The molecule has 0 saturated heterocycles.